The number of aromatic nitrogens is 3. The average molecular weight is 389 g/mol. The molecule has 0 radical (unpaired) electrons. The summed E-state index contributed by atoms with van der Waals surface area (Å²) in [5, 5.41) is 2.80. The Morgan fingerprint density at radius 2 is 1.89 bits per heavy atom. The number of nitrogens with one attached hydrogen (secondary N) is 1. The van der Waals surface area contributed by atoms with Gasteiger partial charge in [-0.3, -0.25) is 4.79 Å². The first-order chi connectivity index (χ1) is 13.7. The Kier molecular flexibility index (Phi) is 6.43. The van der Waals surface area contributed by atoms with E-state index in [1.807, 2.05) is 4.90 Å². The van der Waals surface area contributed by atoms with Gasteiger partial charge in [0.2, 0.25) is 5.95 Å². The van der Waals surface area contributed by atoms with Gasteiger partial charge in [-0.05, 0) is 12.1 Å². The molecule has 1 fully saturated rings. The molecule has 0 spiro atoms. The van der Waals surface area contributed by atoms with Crippen LogP contribution in [0.25, 0.3) is 0 Å². The first-order valence-corrected chi connectivity index (χ1v) is 8.77. The molecule has 10 heteroatoms. The summed E-state index contributed by atoms with van der Waals surface area (Å²) in [5.74, 6) is 1.40. The molecule has 0 unspecified atom stereocenters. The average Bonchev–Trinajstić information content (AvgIpc) is 2.77. The molecule has 0 atom stereocenters. The van der Waals surface area contributed by atoms with Crippen LogP contribution in [0.3, 0.4) is 0 Å². The molecule has 2 aromatic rings. The van der Waals surface area contributed by atoms with Gasteiger partial charge in [-0.25, -0.2) is 0 Å². The minimum atomic E-state index is -0.331. The summed E-state index contributed by atoms with van der Waals surface area (Å²) in [4.78, 5) is 27.6. The minimum Gasteiger partial charge on any atom is -0.493 e. The van der Waals surface area contributed by atoms with Crippen LogP contribution in [-0.2, 0) is 11.3 Å². The number of benzene rings is 1. The number of hydrogen-bond acceptors (Lipinski definition) is 9. The summed E-state index contributed by atoms with van der Waals surface area (Å²) < 4.78 is 21.1. The zero-order valence-electron chi connectivity index (χ0n) is 16.1. The maximum Gasteiger partial charge on any atom is 0.321 e. The van der Waals surface area contributed by atoms with Crippen molar-refractivity contribution in [1.29, 1.82) is 0 Å². The summed E-state index contributed by atoms with van der Waals surface area (Å²) in [6, 6.07) is 5.30. The molecule has 2 heterocycles. The largest absolute Gasteiger partial charge is 0.493 e. The first kappa shape index (κ1) is 19.6. The van der Waals surface area contributed by atoms with Crippen LogP contribution in [0.5, 0.6) is 17.5 Å². The normalized spacial score (nSPS) is 13.8. The van der Waals surface area contributed by atoms with Gasteiger partial charge in [-0.15, -0.1) is 0 Å². The number of ether oxygens (including phenoxy) is 4. The Bertz CT molecular complexity index is 826. The second kappa shape index (κ2) is 9.18. The molecule has 0 aliphatic carbocycles. The molecule has 1 N–H and O–H groups in total. The number of carbonyl (C=O) groups excluding carboxylic acids is 1. The fourth-order valence-electron chi connectivity index (χ4n) is 2.78. The molecular weight excluding hydrogens is 366 g/mol. The molecule has 3 rings (SSSR count). The quantitative estimate of drug-likeness (QED) is 0.731. The lowest BCUT2D eigenvalue weighted by atomic mass is 10.1. The van der Waals surface area contributed by atoms with Gasteiger partial charge in [0, 0.05) is 13.1 Å². The molecule has 0 bridgehead atoms. The summed E-state index contributed by atoms with van der Waals surface area (Å²) in [7, 11) is 4.49. The van der Waals surface area contributed by atoms with Gasteiger partial charge < -0.3 is 29.2 Å². The van der Waals surface area contributed by atoms with Crippen LogP contribution >= 0.6 is 0 Å². The van der Waals surface area contributed by atoms with Crippen molar-refractivity contribution in [2.45, 2.75) is 6.54 Å². The van der Waals surface area contributed by atoms with Crippen molar-refractivity contribution in [2.24, 2.45) is 0 Å². The van der Waals surface area contributed by atoms with Gasteiger partial charge in [0.15, 0.2) is 17.3 Å². The zero-order valence-corrected chi connectivity index (χ0v) is 16.1. The molecule has 1 aromatic heterocycles. The van der Waals surface area contributed by atoms with E-state index in [0.717, 1.165) is 0 Å². The van der Waals surface area contributed by atoms with Crippen molar-refractivity contribution in [3.05, 3.63) is 29.6 Å². The third-order valence-corrected chi connectivity index (χ3v) is 4.18. The molecule has 1 aromatic carbocycles. The molecule has 1 aliphatic rings. The SMILES string of the molecule is COc1nc(CNC(=O)c2cccc(OC)c2OC)nc(N2CCOCC2)n1. The maximum absolute atomic E-state index is 12.6. The fraction of sp³-hybridized carbons (Fsp3) is 0.444. The standard InChI is InChI=1S/C18H23N5O5/c1-25-13-6-4-5-12(15(13)26-2)16(24)19-11-14-20-17(22-18(21-14)27-3)23-7-9-28-10-8-23/h4-6H,7-11H2,1-3H3,(H,19,24). The van der Waals surface area contributed by atoms with E-state index in [1.165, 1.54) is 21.3 Å². The summed E-state index contributed by atoms with van der Waals surface area (Å²) in [6.45, 7) is 2.68. The van der Waals surface area contributed by atoms with Crippen LogP contribution in [0.1, 0.15) is 16.2 Å². The van der Waals surface area contributed by atoms with Crippen molar-refractivity contribution in [2.75, 3.05) is 52.5 Å². The molecular formula is C18H23N5O5. The van der Waals surface area contributed by atoms with E-state index in [0.29, 0.717) is 55.1 Å². The number of nitrogens with zero attached hydrogens (tertiary/aromatic N) is 4. The van der Waals surface area contributed by atoms with Crippen molar-refractivity contribution in [3.63, 3.8) is 0 Å². The third-order valence-electron chi connectivity index (χ3n) is 4.18. The maximum atomic E-state index is 12.6. The lowest BCUT2D eigenvalue weighted by molar-refractivity contribution is 0.0946. The number of anilines is 1. The molecule has 28 heavy (non-hydrogen) atoms. The van der Waals surface area contributed by atoms with E-state index in [2.05, 4.69) is 20.3 Å². The highest BCUT2D eigenvalue weighted by molar-refractivity contribution is 5.97. The second-order valence-electron chi connectivity index (χ2n) is 5.86. The Labute approximate surface area is 162 Å². The van der Waals surface area contributed by atoms with E-state index < -0.39 is 0 Å². The van der Waals surface area contributed by atoms with Gasteiger partial charge in [-0.2, -0.15) is 15.0 Å². The Morgan fingerprint density at radius 1 is 1.11 bits per heavy atom. The van der Waals surface area contributed by atoms with Crippen LogP contribution < -0.4 is 24.4 Å². The van der Waals surface area contributed by atoms with E-state index in [1.54, 1.807) is 18.2 Å². The van der Waals surface area contributed by atoms with Gasteiger partial charge in [0.25, 0.3) is 5.91 Å². The van der Waals surface area contributed by atoms with Crippen LogP contribution in [0.2, 0.25) is 0 Å². The first-order valence-electron chi connectivity index (χ1n) is 8.77. The van der Waals surface area contributed by atoms with E-state index >= 15 is 0 Å². The lowest BCUT2D eigenvalue weighted by Gasteiger charge is -2.26. The van der Waals surface area contributed by atoms with E-state index in [-0.39, 0.29) is 18.5 Å². The molecule has 1 amide bonds. The van der Waals surface area contributed by atoms with Crippen LogP contribution in [0.4, 0.5) is 5.95 Å². The number of morpholine rings is 1. The summed E-state index contributed by atoms with van der Waals surface area (Å²) in [6.07, 6.45) is 0. The highest BCUT2D eigenvalue weighted by Gasteiger charge is 2.19. The highest BCUT2D eigenvalue weighted by atomic mass is 16.5. The Hall–Kier alpha value is -3.14. The number of hydrogen-bond donors (Lipinski definition) is 1. The molecule has 1 aliphatic heterocycles. The molecule has 1 saturated heterocycles. The van der Waals surface area contributed by atoms with E-state index in [4.69, 9.17) is 18.9 Å². The van der Waals surface area contributed by atoms with Gasteiger partial charge >= 0.3 is 6.01 Å². The van der Waals surface area contributed by atoms with Crippen molar-refractivity contribution < 1.29 is 23.7 Å². The summed E-state index contributed by atoms with van der Waals surface area (Å²) >= 11 is 0. The molecule has 10 nitrogen and oxygen atoms in total. The fourth-order valence-corrected chi connectivity index (χ4v) is 2.78. The van der Waals surface area contributed by atoms with Gasteiger partial charge in [0.1, 0.15) is 0 Å². The van der Waals surface area contributed by atoms with Crippen molar-refractivity contribution >= 4 is 11.9 Å². The smallest absolute Gasteiger partial charge is 0.321 e. The second-order valence-corrected chi connectivity index (χ2v) is 5.86. The monoisotopic (exact) mass is 389 g/mol. The Balaban J connectivity index is 1.76. The predicted octanol–water partition coefficient (Wildman–Crippen LogP) is 0.664. The van der Waals surface area contributed by atoms with E-state index in [9.17, 15) is 4.79 Å². The van der Waals surface area contributed by atoms with Crippen molar-refractivity contribution in [1.82, 2.24) is 20.3 Å². The van der Waals surface area contributed by atoms with Gasteiger partial charge in [0.05, 0.1) is 46.7 Å². The topological polar surface area (TPSA) is 108 Å². The van der Waals surface area contributed by atoms with Crippen molar-refractivity contribution in [3.8, 4) is 17.5 Å². The minimum absolute atomic E-state index is 0.107. The van der Waals surface area contributed by atoms with Gasteiger partial charge in [-0.1, -0.05) is 6.07 Å². The Morgan fingerprint density at radius 3 is 2.57 bits per heavy atom. The lowest BCUT2D eigenvalue weighted by Crippen LogP contribution is -2.37. The number of methoxy groups -OCH3 is 3. The predicted molar refractivity (Wildman–Crippen MR) is 100 cm³/mol. The zero-order chi connectivity index (χ0) is 19.9. The highest BCUT2D eigenvalue weighted by Crippen LogP contribution is 2.30. The van der Waals surface area contributed by atoms with Crippen LogP contribution in [-0.4, -0.2) is 68.5 Å². The number of para-hydroxylation sites is 1. The molecule has 0 saturated carbocycles. The number of amides is 1. The van der Waals surface area contributed by atoms with Crippen LogP contribution in [0.15, 0.2) is 18.2 Å². The third kappa shape index (κ3) is 4.39. The molecule has 150 valence electrons. The number of rotatable bonds is 7. The van der Waals surface area contributed by atoms with Crippen LogP contribution in [0, 0.1) is 0 Å². The number of carbonyl (C=O) groups is 1. The summed E-state index contributed by atoms with van der Waals surface area (Å²) in [5.41, 5.74) is 0.358.